The lowest BCUT2D eigenvalue weighted by molar-refractivity contribution is 0.0923. The highest BCUT2D eigenvalue weighted by molar-refractivity contribution is 7.13. The summed E-state index contributed by atoms with van der Waals surface area (Å²) in [6.07, 6.45) is 11.2. The average molecular weight is 446 g/mol. The first kappa shape index (κ1) is 23.1. The van der Waals surface area contributed by atoms with Crippen LogP contribution in [-0.2, 0) is 11.8 Å². The van der Waals surface area contributed by atoms with E-state index in [0.717, 1.165) is 34.5 Å². The molecule has 3 heterocycles. The van der Waals surface area contributed by atoms with E-state index in [2.05, 4.69) is 25.1 Å². The van der Waals surface area contributed by atoms with Crippen LogP contribution in [0.5, 0.6) is 0 Å². The molecular weight excluding hydrogens is 414 g/mol. The maximum absolute atomic E-state index is 12.8. The smallest absolute Gasteiger partial charge is 0.270 e. The number of thiazole rings is 1. The summed E-state index contributed by atoms with van der Waals surface area (Å²) in [4.78, 5) is 22.5. The summed E-state index contributed by atoms with van der Waals surface area (Å²) in [6.45, 7) is 0.566. The predicted octanol–water partition coefficient (Wildman–Crippen LogP) is 3.54. The molecule has 1 fully saturated rings. The Labute approximate surface area is 187 Å². The van der Waals surface area contributed by atoms with Crippen LogP contribution >= 0.6 is 11.3 Å². The number of carbonyl (C=O) groups excluding carboxylic acids is 1. The third-order valence-corrected chi connectivity index (χ3v) is 5.81. The normalized spacial score (nSPS) is 14.0. The number of amides is 1. The SMILES string of the molecule is COCCO.Cn1cc(-c2cc(C(=O)NC3CCCCC3)nc(-c3cncs3)c2)cn1.[HH]. The number of nitrogens with zero attached hydrogens (tertiary/aromatic N) is 4. The van der Waals surface area contributed by atoms with Crippen LogP contribution in [0.1, 0.15) is 44.0 Å². The van der Waals surface area contributed by atoms with E-state index in [9.17, 15) is 4.79 Å². The Morgan fingerprint density at radius 2 is 2.10 bits per heavy atom. The number of hydrogen-bond donors (Lipinski definition) is 2. The van der Waals surface area contributed by atoms with E-state index < -0.39 is 0 Å². The molecule has 3 aromatic heterocycles. The Hall–Kier alpha value is -2.62. The summed E-state index contributed by atoms with van der Waals surface area (Å²) in [5.41, 5.74) is 4.89. The number of methoxy groups -OCH3 is 1. The van der Waals surface area contributed by atoms with Crippen molar-refractivity contribution in [2.75, 3.05) is 20.3 Å². The van der Waals surface area contributed by atoms with Crippen molar-refractivity contribution in [1.82, 2.24) is 25.1 Å². The van der Waals surface area contributed by atoms with Gasteiger partial charge in [0.2, 0.25) is 0 Å². The Bertz CT molecular complexity index is 956. The second-order valence-corrected chi connectivity index (χ2v) is 8.31. The Morgan fingerprint density at radius 1 is 1.29 bits per heavy atom. The molecule has 8 nitrogen and oxygen atoms in total. The first-order valence-electron chi connectivity index (χ1n) is 10.4. The van der Waals surface area contributed by atoms with Crippen LogP contribution in [0.3, 0.4) is 0 Å². The number of pyridine rings is 1. The summed E-state index contributed by atoms with van der Waals surface area (Å²) in [6, 6.07) is 4.09. The van der Waals surface area contributed by atoms with Crippen molar-refractivity contribution in [3.05, 3.63) is 41.9 Å². The van der Waals surface area contributed by atoms with Gasteiger partial charge in [-0.15, -0.1) is 11.3 Å². The second kappa shape index (κ2) is 11.7. The Kier molecular flexibility index (Phi) is 8.69. The van der Waals surface area contributed by atoms with Crippen molar-refractivity contribution in [2.24, 2.45) is 7.05 Å². The van der Waals surface area contributed by atoms with Crippen LogP contribution in [0.15, 0.2) is 36.2 Å². The maximum atomic E-state index is 12.8. The van der Waals surface area contributed by atoms with Crippen molar-refractivity contribution in [1.29, 1.82) is 0 Å². The molecule has 0 saturated heterocycles. The van der Waals surface area contributed by atoms with E-state index in [0.29, 0.717) is 12.3 Å². The third kappa shape index (κ3) is 6.68. The molecule has 1 aliphatic rings. The zero-order valence-corrected chi connectivity index (χ0v) is 18.8. The third-order valence-electron chi connectivity index (χ3n) is 5.02. The summed E-state index contributed by atoms with van der Waals surface area (Å²) in [5, 5.41) is 15.3. The van der Waals surface area contributed by atoms with Crippen molar-refractivity contribution in [2.45, 2.75) is 38.1 Å². The van der Waals surface area contributed by atoms with E-state index in [1.807, 2.05) is 25.4 Å². The van der Waals surface area contributed by atoms with Crippen LogP contribution in [0.4, 0.5) is 0 Å². The number of aromatic nitrogens is 4. The fourth-order valence-corrected chi connectivity index (χ4v) is 4.03. The summed E-state index contributed by atoms with van der Waals surface area (Å²) >= 11 is 1.52. The van der Waals surface area contributed by atoms with Crippen molar-refractivity contribution >= 4 is 17.2 Å². The zero-order valence-electron chi connectivity index (χ0n) is 18.0. The molecule has 3 aromatic rings. The number of ether oxygens (including phenoxy) is 1. The minimum atomic E-state index is -0.103. The fraction of sp³-hybridized carbons (Fsp3) is 0.455. The van der Waals surface area contributed by atoms with Gasteiger partial charge in [0.25, 0.3) is 5.91 Å². The lowest BCUT2D eigenvalue weighted by Crippen LogP contribution is -2.36. The highest BCUT2D eigenvalue weighted by Gasteiger charge is 2.19. The molecule has 0 aliphatic heterocycles. The molecule has 0 atom stereocenters. The minimum Gasteiger partial charge on any atom is -0.394 e. The van der Waals surface area contributed by atoms with Gasteiger partial charge in [-0.2, -0.15) is 5.10 Å². The molecule has 4 rings (SSSR count). The van der Waals surface area contributed by atoms with Gasteiger partial charge in [0.1, 0.15) is 5.69 Å². The van der Waals surface area contributed by atoms with Crippen LogP contribution in [-0.4, -0.2) is 57.1 Å². The number of carbonyl (C=O) groups is 1. The van der Waals surface area contributed by atoms with Gasteiger partial charge < -0.3 is 15.2 Å². The highest BCUT2D eigenvalue weighted by Crippen LogP contribution is 2.28. The van der Waals surface area contributed by atoms with Crippen LogP contribution in [0.2, 0.25) is 0 Å². The van der Waals surface area contributed by atoms with E-state index in [1.165, 1.54) is 30.6 Å². The molecular formula is C22H31N5O3S. The quantitative estimate of drug-likeness (QED) is 0.602. The highest BCUT2D eigenvalue weighted by atomic mass is 32.1. The van der Waals surface area contributed by atoms with Gasteiger partial charge in [0.05, 0.1) is 35.5 Å². The van der Waals surface area contributed by atoms with E-state index in [4.69, 9.17) is 5.11 Å². The van der Waals surface area contributed by atoms with Crippen molar-refractivity contribution in [3.63, 3.8) is 0 Å². The van der Waals surface area contributed by atoms with Gasteiger partial charge in [0, 0.05) is 39.6 Å². The molecule has 1 amide bonds. The minimum absolute atomic E-state index is 0. The van der Waals surface area contributed by atoms with E-state index >= 15 is 0 Å². The fourth-order valence-electron chi connectivity index (χ4n) is 3.45. The number of nitrogens with one attached hydrogen (secondary N) is 1. The summed E-state index contributed by atoms with van der Waals surface area (Å²) < 4.78 is 6.19. The molecule has 1 aliphatic carbocycles. The predicted molar refractivity (Wildman–Crippen MR) is 123 cm³/mol. The summed E-state index contributed by atoms with van der Waals surface area (Å²) in [5.74, 6) is -0.103. The van der Waals surface area contributed by atoms with Crippen LogP contribution < -0.4 is 5.32 Å². The molecule has 9 heteroatoms. The molecule has 0 spiro atoms. The second-order valence-electron chi connectivity index (χ2n) is 7.42. The van der Waals surface area contributed by atoms with E-state index in [-0.39, 0.29) is 20.0 Å². The van der Waals surface area contributed by atoms with Crippen molar-refractivity contribution < 1.29 is 16.1 Å². The molecule has 1 saturated carbocycles. The number of hydrogen-bond acceptors (Lipinski definition) is 7. The first-order chi connectivity index (χ1) is 15.1. The lowest BCUT2D eigenvalue weighted by atomic mass is 9.95. The van der Waals surface area contributed by atoms with Gasteiger partial charge in [0.15, 0.2) is 0 Å². The Balaban J connectivity index is 0.000000548. The van der Waals surface area contributed by atoms with Gasteiger partial charge in [-0.25, -0.2) is 4.98 Å². The van der Waals surface area contributed by atoms with Gasteiger partial charge in [-0.3, -0.25) is 14.5 Å². The van der Waals surface area contributed by atoms with Gasteiger partial charge >= 0.3 is 0 Å². The molecule has 168 valence electrons. The van der Waals surface area contributed by atoms with Crippen molar-refractivity contribution in [3.8, 4) is 21.7 Å². The van der Waals surface area contributed by atoms with E-state index in [1.54, 1.807) is 29.7 Å². The van der Waals surface area contributed by atoms with Gasteiger partial charge in [-0.1, -0.05) is 19.3 Å². The topological polar surface area (TPSA) is 102 Å². The Morgan fingerprint density at radius 3 is 2.68 bits per heavy atom. The monoisotopic (exact) mass is 445 g/mol. The number of aliphatic hydroxyl groups excluding tert-OH is 1. The van der Waals surface area contributed by atoms with Gasteiger partial charge in [-0.05, 0) is 30.5 Å². The average Bonchev–Trinajstić information content (AvgIpc) is 3.47. The molecule has 0 radical (unpaired) electrons. The summed E-state index contributed by atoms with van der Waals surface area (Å²) in [7, 11) is 3.43. The first-order valence-corrected chi connectivity index (χ1v) is 11.3. The standard InChI is InChI=1S/C19H21N5OS.C3H8O2.H2/c1-24-11-14(9-21-24)13-7-16(18-10-20-12-26-18)23-17(8-13)19(25)22-15-5-3-2-4-6-15;1-5-3-2-4;/h7-12,15H,2-6H2,1H3,(H,22,25);4H,2-3H2,1H3;1H. The maximum Gasteiger partial charge on any atom is 0.270 e. The number of rotatable bonds is 6. The van der Waals surface area contributed by atoms with Crippen LogP contribution in [0.25, 0.3) is 21.7 Å². The number of aliphatic hydroxyl groups is 1. The molecule has 2 N–H and O–H groups in total. The zero-order chi connectivity index (χ0) is 22.1. The largest absolute Gasteiger partial charge is 0.394 e. The lowest BCUT2D eigenvalue weighted by Gasteiger charge is -2.22. The molecule has 31 heavy (non-hydrogen) atoms. The number of aryl methyl sites for hydroxylation is 1. The molecule has 0 bridgehead atoms. The molecule has 0 unspecified atom stereocenters. The molecule has 0 aromatic carbocycles. The van der Waals surface area contributed by atoms with Crippen LogP contribution in [0, 0.1) is 0 Å².